The van der Waals surface area contributed by atoms with Gasteiger partial charge >= 0.3 is 5.97 Å². The minimum Gasteiger partial charge on any atom is -0.476 e. The normalized spacial score (nSPS) is 19.7. The number of aromatic amines is 1. The van der Waals surface area contributed by atoms with Crippen LogP contribution in [0, 0.1) is 12.8 Å². The number of carboxylic acids is 1. The van der Waals surface area contributed by atoms with Gasteiger partial charge in [0.15, 0.2) is 5.69 Å². The van der Waals surface area contributed by atoms with Crippen molar-refractivity contribution in [1.29, 1.82) is 0 Å². The highest BCUT2D eigenvalue weighted by molar-refractivity contribution is 7.99. The van der Waals surface area contributed by atoms with E-state index in [0.29, 0.717) is 12.5 Å². The number of sulfonamides is 1. The Hall–Kier alpha value is -1.06. The zero-order chi connectivity index (χ0) is 14.0. The Balaban J connectivity index is 2.19. The second-order valence-corrected chi connectivity index (χ2v) is 7.27. The fourth-order valence-corrected chi connectivity index (χ4v) is 4.66. The SMILES string of the molecule is Cc1[nH]nc(C(=O)O)c1S(=O)(=O)NCC1CCSC1. The third-order valence-corrected chi connectivity index (χ3v) is 5.76. The quantitative estimate of drug-likeness (QED) is 0.728. The lowest BCUT2D eigenvalue weighted by atomic mass is 10.1. The third-order valence-electron chi connectivity index (χ3n) is 2.95. The van der Waals surface area contributed by atoms with Crippen molar-refractivity contribution in [3.8, 4) is 0 Å². The topological polar surface area (TPSA) is 112 Å². The van der Waals surface area contributed by atoms with Gasteiger partial charge in [0.1, 0.15) is 4.90 Å². The van der Waals surface area contributed by atoms with Crippen LogP contribution >= 0.6 is 11.8 Å². The van der Waals surface area contributed by atoms with E-state index < -0.39 is 21.7 Å². The summed E-state index contributed by atoms with van der Waals surface area (Å²) in [5.41, 5.74) is -0.239. The molecule has 1 aliphatic heterocycles. The van der Waals surface area contributed by atoms with Crippen LogP contribution in [0.25, 0.3) is 0 Å². The Morgan fingerprint density at radius 3 is 2.95 bits per heavy atom. The third kappa shape index (κ3) is 3.10. The monoisotopic (exact) mass is 305 g/mol. The lowest BCUT2D eigenvalue weighted by Crippen LogP contribution is -2.30. The molecule has 3 N–H and O–H groups in total. The van der Waals surface area contributed by atoms with E-state index >= 15 is 0 Å². The Labute approximate surface area is 115 Å². The van der Waals surface area contributed by atoms with Gasteiger partial charge in [-0.2, -0.15) is 16.9 Å². The molecule has 0 radical (unpaired) electrons. The summed E-state index contributed by atoms with van der Waals surface area (Å²) in [5, 5.41) is 14.9. The smallest absolute Gasteiger partial charge is 0.357 e. The van der Waals surface area contributed by atoms with Gasteiger partial charge in [-0.15, -0.1) is 0 Å². The van der Waals surface area contributed by atoms with Crippen molar-refractivity contribution in [2.24, 2.45) is 5.92 Å². The van der Waals surface area contributed by atoms with Crippen molar-refractivity contribution in [2.45, 2.75) is 18.2 Å². The second-order valence-electron chi connectivity index (χ2n) is 4.41. The van der Waals surface area contributed by atoms with E-state index in [9.17, 15) is 13.2 Å². The number of carbonyl (C=O) groups is 1. The number of rotatable bonds is 5. The molecule has 1 aromatic heterocycles. The molecule has 2 rings (SSSR count). The first-order valence-electron chi connectivity index (χ1n) is 5.77. The highest BCUT2D eigenvalue weighted by atomic mass is 32.2. The van der Waals surface area contributed by atoms with E-state index in [0.717, 1.165) is 17.9 Å². The summed E-state index contributed by atoms with van der Waals surface area (Å²) in [7, 11) is -3.84. The Morgan fingerprint density at radius 1 is 1.63 bits per heavy atom. The van der Waals surface area contributed by atoms with Gasteiger partial charge in [0.05, 0.1) is 5.69 Å². The second kappa shape index (κ2) is 5.51. The molecular weight excluding hydrogens is 290 g/mol. The minimum atomic E-state index is -3.84. The summed E-state index contributed by atoms with van der Waals surface area (Å²) in [6.07, 6.45) is 0.976. The predicted octanol–water partition coefficient (Wildman–Crippen LogP) is 0.448. The molecule has 2 heterocycles. The number of aromatic carboxylic acids is 1. The molecule has 7 nitrogen and oxygen atoms in total. The van der Waals surface area contributed by atoms with Crippen molar-refractivity contribution in [3.05, 3.63) is 11.4 Å². The van der Waals surface area contributed by atoms with E-state index in [1.54, 1.807) is 11.8 Å². The summed E-state index contributed by atoms with van der Waals surface area (Å²) in [6, 6.07) is 0. The molecule has 0 aromatic carbocycles. The van der Waals surface area contributed by atoms with Gasteiger partial charge in [0, 0.05) is 6.54 Å². The Kier molecular flexibility index (Phi) is 4.16. The molecule has 1 aliphatic rings. The molecule has 1 fully saturated rings. The van der Waals surface area contributed by atoms with Gasteiger partial charge in [-0.1, -0.05) is 0 Å². The van der Waals surface area contributed by atoms with Gasteiger partial charge in [0.2, 0.25) is 10.0 Å². The maximum atomic E-state index is 12.2. The number of thioether (sulfide) groups is 1. The number of aryl methyl sites for hydroxylation is 1. The van der Waals surface area contributed by atoms with Crippen LogP contribution < -0.4 is 4.72 Å². The molecule has 1 aromatic rings. The first-order valence-corrected chi connectivity index (χ1v) is 8.41. The van der Waals surface area contributed by atoms with Crippen molar-refractivity contribution < 1.29 is 18.3 Å². The molecule has 9 heteroatoms. The van der Waals surface area contributed by atoms with Crippen molar-refractivity contribution in [2.75, 3.05) is 18.1 Å². The molecular formula is C10H15N3O4S2. The average molecular weight is 305 g/mol. The number of carboxylic acid groups (broad SMARTS) is 1. The molecule has 0 aliphatic carbocycles. The molecule has 1 unspecified atom stereocenters. The molecule has 0 amide bonds. The number of hydrogen-bond donors (Lipinski definition) is 3. The predicted molar refractivity (Wildman–Crippen MR) is 70.9 cm³/mol. The van der Waals surface area contributed by atoms with Crippen molar-refractivity contribution >= 4 is 27.8 Å². The summed E-state index contributed by atoms with van der Waals surface area (Å²) in [5.74, 6) is 0.914. The van der Waals surface area contributed by atoms with Gasteiger partial charge in [0.25, 0.3) is 0 Å². The zero-order valence-electron chi connectivity index (χ0n) is 10.3. The van der Waals surface area contributed by atoms with E-state index in [1.165, 1.54) is 6.92 Å². The zero-order valence-corrected chi connectivity index (χ0v) is 12.0. The van der Waals surface area contributed by atoms with Gasteiger partial charge in [-0.3, -0.25) is 5.10 Å². The van der Waals surface area contributed by atoms with Crippen LogP contribution in [0.5, 0.6) is 0 Å². The largest absolute Gasteiger partial charge is 0.476 e. The Morgan fingerprint density at radius 2 is 2.37 bits per heavy atom. The summed E-state index contributed by atoms with van der Waals surface area (Å²) >= 11 is 1.79. The van der Waals surface area contributed by atoms with Crippen LogP contribution in [0.3, 0.4) is 0 Å². The maximum absolute atomic E-state index is 12.2. The highest BCUT2D eigenvalue weighted by Gasteiger charge is 2.29. The minimum absolute atomic E-state index is 0.227. The lowest BCUT2D eigenvalue weighted by molar-refractivity contribution is 0.0686. The molecule has 1 saturated heterocycles. The number of nitrogens with zero attached hydrogens (tertiary/aromatic N) is 1. The van der Waals surface area contributed by atoms with Crippen LogP contribution in [0.4, 0.5) is 0 Å². The van der Waals surface area contributed by atoms with Crippen LogP contribution in [-0.4, -0.2) is 47.7 Å². The number of aromatic nitrogens is 2. The number of nitrogens with one attached hydrogen (secondary N) is 2. The molecule has 106 valence electrons. The van der Waals surface area contributed by atoms with Crippen LogP contribution in [0.2, 0.25) is 0 Å². The molecule has 1 atom stereocenters. The van der Waals surface area contributed by atoms with Crippen LogP contribution in [0.1, 0.15) is 22.6 Å². The fourth-order valence-electron chi connectivity index (χ4n) is 1.94. The van der Waals surface area contributed by atoms with E-state index in [2.05, 4.69) is 14.9 Å². The summed E-state index contributed by atoms with van der Waals surface area (Å²) in [4.78, 5) is 10.7. The van der Waals surface area contributed by atoms with Gasteiger partial charge in [-0.25, -0.2) is 17.9 Å². The fraction of sp³-hybridized carbons (Fsp3) is 0.600. The van der Waals surface area contributed by atoms with E-state index in [1.807, 2.05) is 0 Å². The molecule has 0 bridgehead atoms. The summed E-state index contributed by atoms with van der Waals surface area (Å²) < 4.78 is 26.8. The standard InChI is InChI=1S/C10H15N3O4S2/c1-6-9(8(10(14)15)13-12-6)19(16,17)11-4-7-2-3-18-5-7/h7,11H,2-5H2,1H3,(H,12,13)(H,14,15). The van der Waals surface area contributed by atoms with Crippen molar-refractivity contribution in [3.63, 3.8) is 0 Å². The van der Waals surface area contributed by atoms with Gasteiger partial charge in [-0.05, 0) is 30.8 Å². The molecule has 0 spiro atoms. The van der Waals surface area contributed by atoms with E-state index in [-0.39, 0.29) is 10.6 Å². The average Bonchev–Trinajstić information content (AvgIpc) is 2.95. The van der Waals surface area contributed by atoms with Gasteiger partial charge < -0.3 is 5.11 Å². The lowest BCUT2D eigenvalue weighted by Gasteiger charge is -2.10. The first kappa shape index (κ1) is 14.4. The van der Waals surface area contributed by atoms with E-state index in [4.69, 9.17) is 5.11 Å². The van der Waals surface area contributed by atoms with Crippen LogP contribution in [-0.2, 0) is 10.0 Å². The highest BCUT2D eigenvalue weighted by Crippen LogP contribution is 2.24. The Bertz CT molecular complexity index is 576. The summed E-state index contributed by atoms with van der Waals surface area (Å²) in [6.45, 7) is 1.82. The maximum Gasteiger partial charge on any atom is 0.357 e. The molecule has 19 heavy (non-hydrogen) atoms. The molecule has 0 saturated carbocycles. The number of H-pyrrole nitrogens is 1. The van der Waals surface area contributed by atoms with Crippen LogP contribution in [0.15, 0.2) is 4.90 Å². The first-order chi connectivity index (χ1) is 8.92. The number of hydrogen-bond acceptors (Lipinski definition) is 5. The van der Waals surface area contributed by atoms with Crippen molar-refractivity contribution in [1.82, 2.24) is 14.9 Å².